The van der Waals surface area contributed by atoms with Gasteiger partial charge in [-0.2, -0.15) is 0 Å². The molecule has 1 saturated heterocycles. The number of piperazine rings is 1. The fraction of sp³-hybridized carbons (Fsp3) is 0.619. The molecule has 4 nitrogen and oxygen atoms in total. The van der Waals surface area contributed by atoms with E-state index in [2.05, 4.69) is 59.3 Å². The maximum Gasteiger partial charge on any atom is 0.0689 e. The fourth-order valence-electron chi connectivity index (χ4n) is 3.57. The van der Waals surface area contributed by atoms with Crippen molar-refractivity contribution in [1.82, 2.24) is 10.2 Å². The Bertz CT molecular complexity index is 564. The highest BCUT2D eigenvalue weighted by molar-refractivity contribution is 5.48. The molecule has 0 bridgehead atoms. The van der Waals surface area contributed by atoms with Crippen LogP contribution in [-0.4, -0.2) is 63.4 Å². The first-order chi connectivity index (χ1) is 12.2. The number of nitrogens with zero attached hydrogens (tertiary/aromatic N) is 2. The van der Waals surface area contributed by atoms with Gasteiger partial charge in [0, 0.05) is 44.5 Å². The molecule has 138 valence electrons. The zero-order chi connectivity index (χ0) is 17.5. The van der Waals surface area contributed by atoms with Gasteiger partial charge in [0.1, 0.15) is 0 Å². The molecule has 0 spiro atoms. The highest BCUT2D eigenvalue weighted by Gasteiger charge is 2.17. The van der Waals surface area contributed by atoms with Crippen molar-refractivity contribution in [2.24, 2.45) is 0 Å². The molecular formula is C21H33N3O. The van der Waals surface area contributed by atoms with E-state index in [-0.39, 0.29) is 0 Å². The van der Waals surface area contributed by atoms with Gasteiger partial charge in [-0.25, -0.2) is 0 Å². The Labute approximate surface area is 152 Å². The van der Waals surface area contributed by atoms with Crippen LogP contribution in [0.2, 0.25) is 0 Å². The smallest absolute Gasteiger partial charge is 0.0689 e. The standard InChI is InChI=1S/C21H33N3O/c1-18-5-3-7-21(15-18)24-12-10-23(11-13-24)9-8-19(2)22-16-20-6-4-14-25-17-20/h3,5-7,15,19,22H,4,8-14,16-17H2,1-2H3/t19-/m0/s1. The van der Waals surface area contributed by atoms with E-state index in [4.69, 9.17) is 4.74 Å². The van der Waals surface area contributed by atoms with Crippen LogP contribution in [0.25, 0.3) is 0 Å². The van der Waals surface area contributed by atoms with E-state index >= 15 is 0 Å². The van der Waals surface area contributed by atoms with Crippen LogP contribution in [0.4, 0.5) is 5.69 Å². The number of rotatable bonds is 7. The Morgan fingerprint density at radius 1 is 1.20 bits per heavy atom. The van der Waals surface area contributed by atoms with Gasteiger partial charge in [-0.1, -0.05) is 18.2 Å². The first-order valence-electron chi connectivity index (χ1n) is 9.74. The van der Waals surface area contributed by atoms with Crippen LogP contribution in [0, 0.1) is 6.92 Å². The van der Waals surface area contributed by atoms with Crippen molar-refractivity contribution in [3.8, 4) is 0 Å². The predicted octanol–water partition coefficient (Wildman–Crippen LogP) is 2.83. The molecule has 0 aliphatic carbocycles. The van der Waals surface area contributed by atoms with Crippen LogP contribution in [0.3, 0.4) is 0 Å². The molecule has 2 aliphatic heterocycles. The minimum Gasteiger partial charge on any atom is -0.377 e. The van der Waals surface area contributed by atoms with Gasteiger partial charge in [-0.3, -0.25) is 4.90 Å². The normalized spacial score (nSPS) is 20.4. The Hall–Kier alpha value is -1.36. The summed E-state index contributed by atoms with van der Waals surface area (Å²) in [7, 11) is 0. The van der Waals surface area contributed by atoms with Crippen LogP contribution < -0.4 is 10.2 Å². The van der Waals surface area contributed by atoms with Crippen molar-refractivity contribution in [3.63, 3.8) is 0 Å². The molecule has 1 aromatic carbocycles. The average Bonchev–Trinajstić information content (AvgIpc) is 2.66. The Morgan fingerprint density at radius 2 is 2.04 bits per heavy atom. The third kappa shape index (κ3) is 5.84. The zero-order valence-electron chi connectivity index (χ0n) is 15.8. The molecule has 3 rings (SSSR count). The number of hydrogen-bond donors (Lipinski definition) is 1. The number of nitrogens with one attached hydrogen (secondary N) is 1. The van der Waals surface area contributed by atoms with Crippen molar-refractivity contribution in [1.29, 1.82) is 0 Å². The van der Waals surface area contributed by atoms with E-state index in [0.717, 1.165) is 39.3 Å². The lowest BCUT2D eigenvalue weighted by Gasteiger charge is -2.36. The summed E-state index contributed by atoms with van der Waals surface area (Å²) in [6.07, 6.45) is 4.60. The van der Waals surface area contributed by atoms with Gasteiger partial charge < -0.3 is 15.0 Å². The molecular weight excluding hydrogens is 310 g/mol. The van der Waals surface area contributed by atoms with Gasteiger partial charge in [-0.15, -0.1) is 0 Å². The number of hydrogen-bond acceptors (Lipinski definition) is 4. The Kier molecular flexibility index (Phi) is 6.91. The summed E-state index contributed by atoms with van der Waals surface area (Å²) < 4.78 is 5.50. The highest BCUT2D eigenvalue weighted by atomic mass is 16.5. The van der Waals surface area contributed by atoms with Crippen molar-refractivity contribution < 1.29 is 4.74 Å². The van der Waals surface area contributed by atoms with Crippen molar-refractivity contribution in [3.05, 3.63) is 41.5 Å². The number of ether oxygens (including phenoxy) is 1. The molecule has 25 heavy (non-hydrogen) atoms. The Morgan fingerprint density at radius 3 is 2.76 bits per heavy atom. The van der Waals surface area contributed by atoms with E-state index in [0.29, 0.717) is 6.04 Å². The first kappa shape index (κ1) is 18.4. The molecule has 0 aromatic heterocycles. The summed E-state index contributed by atoms with van der Waals surface area (Å²) in [5, 5.41) is 3.65. The monoisotopic (exact) mass is 343 g/mol. The molecule has 0 radical (unpaired) electrons. The molecule has 0 saturated carbocycles. The molecule has 4 heteroatoms. The summed E-state index contributed by atoms with van der Waals surface area (Å²) in [6.45, 7) is 12.9. The second-order valence-electron chi connectivity index (χ2n) is 7.44. The third-order valence-corrected chi connectivity index (χ3v) is 5.28. The molecule has 0 amide bonds. The molecule has 1 aromatic rings. The summed E-state index contributed by atoms with van der Waals surface area (Å²) in [5.41, 5.74) is 4.13. The second kappa shape index (κ2) is 9.37. The van der Waals surface area contributed by atoms with E-state index in [1.165, 1.54) is 42.9 Å². The molecule has 2 heterocycles. The lowest BCUT2D eigenvalue weighted by molar-refractivity contribution is 0.148. The average molecular weight is 344 g/mol. The summed E-state index contributed by atoms with van der Waals surface area (Å²) in [5.74, 6) is 0. The second-order valence-corrected chi connectivity index (χ2v) is 7.44. The van der Waals surface area contributed by atoms with Crippen molar-refractivity contribution in [2.75, 3.05) is 57.4 Å². The quantitative estimate of drug-likeness (QED) is 0.771. The van der Waals surface area contributed by atoms with Crippen LogP contribution in [-0.2, 0) is 4.74 Å². The van der Waals surface area contributed by atoms with E-state index in [9.17, 15) is 0 Å². The minimum absolute atomic E-state index is 0.553. The maximum atomic E-state index is 5.50. The van der Waals surface area contributed by atoms with E-state index in [1.54, 1.807) is 0 Å². The van der Waals surface area contributed by atoms with Crippen LogP contribution >= 0.6 is 0 Å². The van der Waals surface area contributed by atoms with Gasteiger partial charge in [-0.05, 0) is 56.5 Å². The molecule has 1 atom stereocenters. The van der Waals surface area contributed by atoms with E-state index in [1.807, 2.05) is 0 Å². The number of benzene rings is 1. The van der Waals surface area contributed by atoms with Crippen LogP contribution in [0.15, 0.2) is 35.9 Å². The first-order valence-corrected chi connectivity index (χ1v) is 9.74. The molecule has 0 unspecified atom stereocenters. The highest BCUT2D eigenvalue weighted by Crippen LogP contribution is 2.18. The maximum absolute atomic E-state index is 5.50. The van der Waals surface area contributed by atoms with Gasteiger partial charge in [0.25, 0.3) is 0 Å². The van der Waals surface area contributed by atoms with Crippen LogP contribution in [0.5, 0.6) is 0 Å². The van der Waals surface area contributed by atoms with Crippen LogP contribution in [0.1, 0.15) is 25.3 Å². The van der Waals surface area contributed by atoms with E-state index < -0.39 is 0 Å². The largest absolute Gasteiger partial charge is 0.377 e. The minimum atomic E-state index is 0.553. The molecule has 1 fully saturated rings. The predicted molar refractivity (Wildman–Crippen MR) is 105 cm³/mol. The van der Waals surface area contributed by atoms with Crippen molar-refractivity contribution in [2.45, 2.75) is 32.7 Å². The fourth-order valence-corrected chi connectivity index (χ4v) is 3.57. The van der Waals surface area contributed by atoms with Gasteiger partial charge in [0.15, 0.2) is 0 Å². The SMILES string of the molecule is Cc1cccc(N2CCN(CC[C@H](C)NCC3=CCCOC3)CC2)c1. The summed E-state index contributed by atoms with van der Waals surface area (Å²) >= 11 is 0. The lowest BCUT2D eigenvalue weighted by atomic mass is 10.1. The van der Waals surface area contributed by atoms with Gasteiger partial charge >= 0.3 is 0 Å². The number of anilines is 1. The zero-order valence-corrected chi connectivity index (χ0v) is 15.8. The third-order valence-electron chi connectivity index (χ3n) is 5.28. The van der Waals surface area contributed by atoms with Gasteiger partial charge in [0.2, 0.25) is 0 Å². The summed E-state index contributed by atoms with van der Waals surface area (Å²) in [6, 6.07) is 9.42. The lowest BCUT2D eigenvalue weighted by Crippen LogP contribution is -2.47. The molecule has 2 aliphatic rings. The summed E-state index contributed by atoms with van der Waals surface area (Å²) in [4.78, 5) is 5.12. The topological polar surface area (TPSA) is 27.7 Å². The van der Waals surface area contributed by atoms with Crippen molar-refractivity contribution >= 4 is 5.69 Å². The Balaban J connectivity index is 1.34. The number of aryl methyl sites for hydroxylation is 1. The van der Waals surface area contributed by atoms with Gasteiger partial charge in [0.05, 0.1) is 13.2 Å². The molecule has 1 N–H and O–H groups in total.